The molecule has 3 rings (SSSR count). The maximum absolute atomic E-state index is 5.88. The van der Waals surface area contributed by atoms with Crippen LogP contribution in [0.2, 0.25) is 5.02 Å². The number of hydrogen-bond acceptors (Lipinski definition) is 5. The van der Waals surface area contributed by atoms with Crippen molar-refractivity contribution in [2.75, 3.05) is 19.6 Å². The van der Waals surface area contributed by atoms with Crippen molar-refractivity contribution >= 4 is 11.6 Å². The van der Waals surface area contributed by atoms with Crippen molar-refractivity contribution in [1.82, 2.24) is 15.0 Å². The van der Waals surface area contributed by atoms with E-state index in [-0.39, 0.29) is 0 Å². The van der Waals surface area contributed by atoms with Crippen molar-refractivity contribution in [3.63, 3.8) is 0 Å². The highest BCUT2D eigenvalue weighted by Crippen LogP contribution is 2.21. The van der Waals surface area contributed by atoms with E-state index in [4.69, 9.17) is 21.9 Å². The van der Waals surface area contributed by atoms with Gasteiger partial charge in [-0.2, -0.15) is 4.98 Å². The molecule has 0 saturated carbocycles. The van der Waals surface area contributed by atoms with Gasteiger partial charge in [0.25, 0.3) is 0 Å². The van der Waals surface area contributed by atoms with Gasteiger partial charge in [-0.15, -0.1) is 0 Å². The van der Waals surface area contributed by atoms with Gasteiger partial charge in [-0.05, 0) is 62.7 Å². The SMILES string of the molecule is NCC1CCN(Cc2nc(-c3ccc(Cl)cc3)no2)CC1. The fourth-order valence-corrected chi connectivity index (χ4v) is 2.73. The van der Waals surface area contributed by atoms with Crippen molar-refractivity contribution in [3.8, 4) is 11.4 Å². The monoisotopic (exact) mass is 306 g/mol. The molecule has 1 aliphatic rings. The first-order chi connectivity index (χ1) is 10.2. The average molecular weight is 307 g/mol. The third-order valence-electron chi connectivity index (χ3n) is 3.97. The molecule has 0 unspecified atom stereocenters. The lowest BCUT2D eigenvalue weighted by Crippen LogP contribution is -2.35. The zero-order valence-corrected chi connectivity index (χ0v) is 12.6. The molecule has 0 radical (unpaired) electrons. The number of hydrogen-bond donors (Lipinski definition) is 1. The number of nitrogens with two attached hydrogens (primary N) is 1. The Bertz CT molecular complexity index is 576. The van der Waals surface area contributed by atoms with Crippen LogP contribution in [-0.2, 0) is 6.54 Å². The van der Waals surface area contributed by atoms with Crippen LogP contribution in [0.25, 0.3) is 11.4 Å². The highest BCUT2D eigenvalue weighted by Gasteiger charge is 2.20. The molecular weight excluding hydrogens is 288 g/mol. The van der Waals surface area contributed by atoms with Crippen molar-refractivity contribution in [2.24, 2.45) is 11.7 Å². The molecule has 6 heteroatoms. The zero-order chi connectivity index (χ0) is 14.7. The van der Waals surface area contributed by atoms with Gasteiger partial charge in [0, 0.05) is 10.6 Å². The summed E-state index contributed by atoms with van der Waals surface area (Å²) in [4.78, 5) is 6.79. The summed E-state index contributed by atoms with van der Waals surface area (Å²) in [5, 5.41) is 4.74. The van der Waals surface area contributed by atoms with Crippen molar-refractivity contribution in [1.29, 1.82) is 0 Å². The second kappa shape index (κ2) is 6.56. The van der Waals surface area contributed by atoms with Crippen LogP contribution in [0.4, 0.5) is 0 Å². The fourth-order valence-electron chi connectivity index (χ4n) is 2.61. The normalized spacial score (nSPS) is 17.2. The minimum atomic E-state index is 0.610. The van der Waals surface area contributed by atoms with E-state index < -0.39 is 0 Å². The lowest BCUT2D eigenvalue weighted by molar-refractivity contribution is 0.161. The van der Waals surface area contributed by atoms with Gasteiger partial charge < -0.3 is 10.3 Å². The average Bonchev–Trinajstić information content (AvgIpc) is 2.97. The second-order valence-corrected chi connectivity index (χ2v) is 5.91. The van der Waals surface area contributed by atoms with E-state index in [1.165, 1.54) is 0 Å². The molecule has 0 bridgehead atoms. The van der Waals surface area contributed by atoms with Crippen molar-refractivity contribution in [3.05, 3.63) is 35.2 Å². The molecule has 21 heavy (non-hydrogen) atoms. The lowest BCUT2D eigenvalue weighted by atomic mass is 9.97. The van der Waals surface area contributed by atoms with Gasteiger partial charge in [-0.1, -0.05) is 16.8 Å². The summed E-state index contributed by atoms with van der Waals surface area (Å²) in [6.45, 7) is 3.58. The van der Waals surface area contributed by atoms with Crippen molar-refractivity contribution < 1.29 is 4.52 Å². The van der Waals surface area contributed by atoms with E-state index in [0.717, 1.165) is 38.0 Å². The van der Waals surface area contributed by atoms with Crippen LogP contribution < -0.4 is 5.73 Å². The van der Waals surface area contributed by atoms with E-state index >= 15 is 0 Å². The van der Waals surface area contributed by atoms with E-state index in [0.29, 0.717) is 29.2 Å². The van der Waals surface area contributed by atoms with Gasteiger partial charge >= 0.3 is 0 Å². The first-order valence-electron chi connectivity index (χ1n) is 7.25. The Morgan fingerprint density at radius 3 is 2.62 bits per heavy atom. The number of rotatable bonds is 4. The molecule has 0 spiro atoms. The van der Waals surface area contributed by atoms with Crippen LogP contribution in [0.3, 0.4) is 0 Å². The Morgan fingerprint density at radius 2 is 1.95 bits per heavy atom. The number of likely N-dealkylation sites (tertiary alicyclic amines) is 1. The number of nitrogens with zero attached hydrogens (tertiary/aromatic N) is 3. The number of piperidine rings is 1. The van der Waals surface area contributed by atoms with Crippen LogP contribution >= 0.6 is 11.6 Å². The standard InChI is InChI=1S/C15H19ClN4O/c16-13-3-1-12(2-4-13)15-18-14(21-19-15)10-20-7-5-11(9-17)6-8-20/h1-4,11H,5-10,17H2. The second-order valence-electron chi connectivity index (χ2n) is 5.47. The van der Waals surface area contributed by atoms with Crippen LogP contribution in [0.15, 0.2) is 28.8 Å². The number of halogens is 1. The molecule has 2 N–H and O–H groups in total. The summed E-state index contributed by atoms with van der Waals surface area (Å²) in [6, 6.07) is 7.43. The van der Waals surface area contributed by atoms with Gasteiger partial charge in [0.15, 0.2) is 0 Å². The van der Waals surface area contributed by atoms with E-state index in [9.17, 15) is 0 Å². The molecule has 0 amide bonds. The molecule has 112 valence electrons. The van der Waals surface area contributed by atoms with Crippen LogP contribution in [-0.4, -0.2) is 34.7 Å². The smallest absolute Gasteiger partial charge is 0.241 e. The molecule has 1 aromatic heterocycles. The maximum atomic E-state index is 5.88. The molecular formula is C15H19ClN4O. The first kappa shape index (κ1) is 14.5. The summed E-state index contributed by atoms with van der Waals surface area (Å²) in [7, 11) is 0. The zero-order valence-electron chi connectivity index (χ0n) is 11.8. The minimum absolute atomic E-state index is 0.610. The van der Waals surface area contributed by atoms with Crippen molar-refractivity contribution in [2.45, 2.75) is 19.4 Å². The van der Waals surface area contributed by atoms with E-state index in [2.05, 4.69) is 15.0 Å². The molecule has 1 aromatic carbocycles. The fraction of sp³-hybridized carbons (Fsp3) is 0.467. The Labute approximate surface area is 129 Å². The van der Waals surface area contributed by atoms with Gasteiger partial charge in [-0.25, -0.2) is 0 Å². The Kier molecular flexibility index (Phi) is 4.53. The molecule has 2 heterocycles. The highest BCUT2D eigenvalue weighted by molar-refractivity contribution is 6.30. The predicted octanol–water partition coefficient (Wildman–Crippen LogP) is 2.56. The third-order valence-corrected chi connectivity index (χ3v) is 4.22. The molecule has 1 saturated heterocycles. The first-order valence-corrected chi connectivity index (χ1v) is 7.63. The highest BCUT2D eigenvalue weighted by atomic mass is 35.5. The van der Waals surface area contributed by atoms with Crippen LogP contribution in [0.5, 0.6) is 0 Å². The van der Waals surface area contributed by atoms with Crippen LogP contribution in [0.1, 0.15) is 18.7 Å². The summed E-state index contributed by atoms with van der Waals surface area (Å²) in [6.07, 6.45) is 2.29. The summed E-state index contributed by atoms with van der Waals surface area (Å²) in [5.41, 5.74) is 6.62. The number of aromatic nitrogens is 2. The maximum Gasteiger partial charge on any atom is 0.241 e. The predicted molar refractivity (Wildman–Crippen MR) is 81.8 cm³/mol. The topological polar surface area (TPSA) is 68.2 Å². The van der Waals surface area contributed by atoms with Gasteiger partial charge in [0.2, 0.25) is 11.7 Å². The molecule has 5 nitrogen and oxygen atoms in total. The molecule has 0 aliphatic carbocycles. The summed E-state index contributed by atoms with van der Waals surface area (Å²) >= 11 is 5.88. The number of benzene rings is 1. The Morgan fingerprint density at radius 1 is 1.24 bits per heavy atom. The summed E-state index contributed by atoms with van der Waals surface area (Å²) in [5.74, 6) is 1.93. The molecule has 1 aliphatic heterocycles. The largest absolute Gasteiger partial charge is 0.338 e. The van der Waals surface area contributed by atoms with Gasteiger partial charge in [-0.3, -0.25) is 4.90 Å². The molecule has 0 atom stereocenters. The Balaban J connectivity index is 1.62. The van der Waals surface area contributed by atoms with E-state index in [1.54, 1.807) is 0 Å². The quantitative estimate of drug-likeness (QED) is 0.940. The van der Waals surface area contributed by atoms with Gasteiger partial charge in [0.05, 0.1) is 6.54 Å². The third kappa shape index (κ3) is 3.61. The molecule has 2 aromatic rings. The minimum Gasteiger partial charge on any atom is -0.338 e. The lowest BCUT2D eigenvalue weighted by Gasteiger charge is -2.30. The van der Waals surface area contributed by atoms with E-state index in [1.807, 2.05) is 24.3 Å². The molecule has 1 fully saturated rings. The van der Waals surface area contributed by atoms with Gasteiger partial charge in [0.1, 0.15) is 0 Å². The van der Waals surface area contributed by atoms with Crippen LogP contribution in [0, 0.1) is 5.92 Å². The summed E-state index contributed by atoms with van der Waals surface area (Å²) < 4.78 is 5.34. The Hall–Kier alpha value is -1.43.